The van der Waals surface area contributed by atoms with Gasteiger partial charge in [-0.05, 0) is 41.8 Å². The number of nitrogens with zero attached hydrogens (tertiary/aromatic N) is 2. The first-order valence-electron chi connectivity index (χ1n) is 11.1. The highest BCUT2D eigenvalue weighted by atomic mass is 35.5. The van der Waals surface area contributed by atoms with Gasteiger partial charge in [0.15, 0.2) is 0 Å². The molecule has 164 valence electrons. The molecule has 4 rings (SSSR count). The molecule has 0 unspecified atom stereocenters. The lowest BCUT2D eigenvalue weighted by Crippen LogP contribution is -2.48. The second kappa shape index (κ2) is 9.64. The molecule has 0 radical (unpaired) electrons. The number of carbonyl (C=O) groups is 1. The lowest BCUT2D eigenvalue weighted by molar-refractivity contribution is -0.133. The first-order valence-corrected chi connectivity index (χ1v) is 11.8. The maximum atomic E-state index is 13.3. The second-order valence-corrected chi connectivity index (χ2v) is 9.00. The van der Waals surface area contributed by atoms with Gasteiger partial charge in [0.2, 0.25) is 5.91 Å². The molecule has 3 aromatic rings. The van der Waals surface area contributed by atoms with E-state index in [0.29, 0.717) is 16.5 Å². The summed E-state index contributed by atoms with van der Waals surface area (Å²) in [7, 11) is 0. The van der Waals surface area contributed by atoms with Crippen LogP contribution in [0.2, 0.25) is 10.0 Å². The molecular weight excluding hydrogens is 429 g/mol. The van der Waals surface area contributed by atoms with Crippen molar-refractivity contribution in [3.63, 3.8) is 0 Å². The zero-order valence-corrected chi connectivity index (χ0v) is 19.6. The van der Waals surface area contributed by atoms with E-state index in [-0.39, 0.29) is 11.8 Å². The Hall–Kier alpha value is -2.01. The number of carbonyl (C=O) groups excluding carboxylic acids is 1. The van der Waals surface area contributed by atoms with E-state index in [9.17, 15) is 4.79 Å². The van der Waals surface area contributed by atoms with Crippen LogP contribution in [0, 0.1) is 0 Å². The molecule has 6 heteroatoms. The fourth-order valence-electron chi connectivity index (χ4n) is 4.58. The molecule has 1 aliphatic rings. The van der Waals surface area contributed by atoms with E-state index in [2.05, 4.69) is 48.1 Å². The van der Waals surface area contributed by atoms with Crippen molar-refractivity contribution in [2.24, 2.45) is 0 Å². The maximum Gasteiger partial charge on any atom is 0.223 e. The number of amides is 1. The lowest BCUT2D eigenvalue weighted by Gasteiger charge is -2.35. The van der Waals surface area contributed by atoms with E-state index >= 15 is 0 Å². The number of rotatable bonds is 6. The smallest absolute Gasteiger partial charge is 0.223 e. The molecule has 0 saturated carbocycles. The van der Waals surface area contributed by atoms with Crippen LogP contribution < -0.4 is 0 Å². The van der Waals surface area contributed by atoms with Crippen LogP contribution in [0.5, 0.6) is 0 Å². The van der Waals surface area contributed by atoms with Gasteiger partial charge in [0.05, 0.1) is 10.0 Å². The Labute approximate surface area is 194 Å². The number of fused-ring (bicyclic) bond motifs is 1. The van der Waals surface area contributed by atoms with E-state index in [1.807, 2.05) is 23.1 Å². The third-order valence-electron chi connectivity index (χ3n) is 6.49. The van der Waals surface area contributed by atoms with Gasteiger partial charge in [0.25, 0.3) is 0 Å². The molecule has 2 aromatic carbocycles. The van der Waals surface area contributed by atoms with E-state index < -0.39 is 0 Å². The summed E-state index contributed by atoms with van der Waals surface area (Å²) < 4.78 is 0. The van der Waals surface area contributed by atoms with Gasteiger partial charge in [-0.25, -0.2) is 0 Å². The number of H-pyrrole nitrogens is 1. The normalized spacial score (nSPS) is 16.1. The SMILES string of the molecule is CCc1cccc2c([C@@H](CC(=O)N3CCN(CC)CC3)c3ccc(Cl)c(Cl)c3)c[nH]c12. The van der Waals surface area contributed by atoms with Gasteiger partial charge >= 0.3 is 0 Å². The van der Waals surface area contributed by atoms with Crippen LogP contribution in [0.4, 0.5) is 0 Å². The summed E-state index contributed by atoms with van der Waals surface area (Å²) >= 11 is 12.5. The number of aromatic nitrogens is 1. The Balaban J connectivity index is 1.69. The fraction of sp³-hybridized carbons (Fsp3) is 0.400. The molecule has 31 heavy (non-hydrogen) atoms. The van der Waals surface area contributed by atoms with Crippen molar-refractivity contribution in [3.8, 4) is 0 Å². The highest BCUT2D eigenvalue weighted by Gasteiger charge is 2.27. The summed E-state index contributed by atoms with van der Waals surface area (Å²) in [6.45, 7) is 8.80. The van der Waals surface area contributed by atoms with Crippen LogP contribution in [0.1, 0.15) is 42.9 Å². The molecule has 1 aromatic heterocycles. The predicted molar refractivity (Wildman–Crippen MR) is 129 cm³/mol. The van der Waals surface area contributed by atoms with Crippen LogP contribution in [0.25, 0.3) is 10.9 Å². The molecule has 2 heterocycles. The van der Waals surface area contributed by atoms with Gasteiger partial charge in [-0.1, -0.05) is 61.3 Å². The summed E-state index contributed by atoms with van der Waals surface area (Å²) in [4.78, 5) is 21.2. The topological polar surface area (TPSA) is 39.3 Å². The van der Waals surface area contributed by atoms with Gasteiger partial charge in [0.1, 0.15) is 0 Å². The molecule has 1 aliphatic heterocycles. The number of halogens is 2. The Bertz CT molecular complexity index is 1070. The molecule has 1 N–H and O–H groups in total. The molecule has 0 aliphatic carbocycles. The average molecular weight is 458 g/mol. The zero-order valence-electron chi connectivity index (χ0n) is 18.1. The number of nitrogens with one attached hydrogen (secondary N) is 1. The van der Waals surface area contributed by atoms with Crippen LogP contribution in [-0.4, -0.2) is 53.4 Å². The van der Waals surface area contributed by atoms with Crippen LogP contribution in [0.3, 0.4) is 0 Å². The van der Waals surface area contributed by atoms with Crippen LogP contribution >= 0.6 is 23.2 Å². The quantitative estimate of drug-likeness (QED) is 0.513. The molecule has 1 atom stereocenters. The van der Waals surface area contributed by atoms with E-state index in [1.54, 1.807) is 0 Å². The van der Waals surface area contributed by atoms with Crippen molar-refractivity contribution in [3.05, 3.63) is 69.3 Å². The second-order valence-electron chi connectivity index (χ2n) is 8.18. The first-order chi connectivity index (χ1) is 15.0. The third-order valence-corrected chi connectivity index (χ3v) is 7.23. The third kappa shape index (κ3) is 4.62. The van der Waals surface area contributed by atoms with Crippen LogP contribution in [0.15, 0.2) is 42.6 Å². The number of hydrogen-bond donors (Lipinski definition) is 1. The number of benzene rings is 2. The van der Waals surface area contributed by atoms with Gasteiger partial charge in [-0.3, -0.25) is 4.79 Å². The van der Waals surface area contributed by atoms with Crippen LogP contribution in [-0.2, 0) is 11.2 Å². The maximum absolute atomic E-state index is 13.3. The predicted octanol–water partition coefficient (Wildman–Crippen LogP) is 5.72. The Kier molecular flexibility index (Phi) is 6.90. The standard InChI is InChI=1S/C25H29Cl2N3O/c1-3-17-6-5-7-19-21(16-28-25(17)19)20(18-8-9-22(26)23(27)14-18)15-24(31)30-12-10-29(4-2)11-13-30/h5-9,14,16,20,28H,3-4,10-13,15H2,1-2H3/t20-/m0/s1. The molecular formula is C25H29Cl2N3O. The lowest BCUT2D eigenvalue weighted by atomic mass is 9.87. The van der Waals surface area contributed by atoms with Crippen molar-refractivity contribution in [2.75, 3.05) is 32.7 Å². The first kappa shape index (κ1) is 22.2. The van der Waals surface area contributed by atoms with Gasteiger partial charge in [-0.15, -0.1) is 0 Å². The van der Waals surface area contributed by atoms with Crippen molar-refractivity contribution in [1.29, 1.82) is 0 Å². The fourth-order valence-corrected chi connectivity index (χ4v) is 4.88. The van der Waals surface area contributed by atoms with Gasteiger partial charge in [0, 0.05) is 55.6 Å². The Morgan fingerprint density at radius 2 is 1.84 bits per heavy atom. The number of para-hydroxylation sites is 1. The highest BCUT2D eigenvalue weighted by molar-refractivity contribution is 6.42. The number of aromatic amines is 1. The molecule has 1 fully saturated rings. The largest absolute Gasteiger partial charge is 0.361 e. The molecule has 1 saturated heterocycles. The molecule has 0 bridgehead atoms. The van der Waals surface area contributed by atoms with Gasteiger partial charge < -0.3 is 14.8 Å². The highest BCUT2D eigenvalue weighted by Crippen LogP contribution is 2.37. The minimum absolute atomic E-state index is 0.0904. The minimum atomic E-state index is -0.0904. The molecule has 1 amide bonds. The minimum Gasteiger partial charge on any atom is -0.361 e. The summed E-state index contributed by atoms with van der Waals surface area (Å²) in [6, 6.07) is 12.1. The van der Waals surface area contributed by atoms with E-state index in [0.717, 1.165) is 55.8 Å². The number of aryl methyl sites for hydroxylation is 1. The van der Waals surface area contributed by atoms with Crippen molar-refractivity contribution in [2.45, 2.75) is 32.6 Å². The summed E-state index contributed by atoms with van der Waals surface area (Å²) in [5.74, 6) is 0.0974. The number of piperazine rings is 1. The Morgan fingerprint density at radius 3 is 2.52 bits per heavy atom. The summed E-state index contributed by atoms with van der Waals surface area (Å²) in [5, 5.41) is 2.21. The number of likely N-dealkylation sites (N-methyl/N-ethyl adjacent to an activating group) is 1. The Morgan fingerprint density at radius 1 is 1.06 bits per heavy atom. The molecule has 4 nitrogen and oxygen atoms in total. The summed E-state index contributed by atoms with van der Waals surface area (Å²) in [6.07, 6.45) is 3.42. The van der Waals surface area contributed by atoms with E-state index in [1.165, 1.54) is 10.9 Å². The monoisotopic (exact) mass is 457 g/mol. The zero-order chi connectivity index (χ0) is 22.0. The van der Waals surface area contributed by atoms with Crippen molar-refractivity contribution >= 4 is 40.0 Å². The average Bonchev–Trinajstić information content (AvgIpc) is 3.23. The molecule has 0 spiro atoms. The number of hydrogen-bond acceptors (Lipinski definition) is 2. The van der Waals surface area contributed by atoms with Crippen molar-refractivity contribution < 1.29 is 4.79 Å². The van der Waals surface area contributed by atoms with E-state index in [4.69, 9.17) is 23.2 Å². The van der Waals surface area contributed by atoms with Crippen molar-refractivity contribution in [1.82, 2.24) is 14.8 Å². The summed E-state index contributed by atoms with van der Waals surface area (Å²) in [5.41, 5.74) is 4.56. The van der Waals surface area contributed by atoms with Gasteiger partial charge in [-0.2, -0.15) is 0 Å².